The molecule has 0 aromatic carbocycles. The maximum atomic E-state index is 12.0. The van der Waals surface area contributed by atoms with Crippen molar-refractivity contribution in [2.24, 2.45) is 10.9 Å². The summed E-state index contributed by atoms with van der Waals surface area (Å²) >= 11 is 1.89. The molecule has 0 aromatic heterocycles. The van der Waals surface area contributed by atoms with Crippen LogP contribution in [-0.2, 0) is 19.2 Å². The molecular formula is C22H35N7O5S. The van der Waals surface area contributed by atoms with E-state index >= 15 is 0 Å². The average molecular weight is 510 g/mol. The van der Waals surface area contributed by atoms with E-state index in [2.05, 4.69) is 26.4 Å². The zero-order valence-corrected chi connectivity index (χ0v) is 20.7. The molecule has 0 aliphatic carbocycles. The van der Waals surface area contributed by atoms with E-state index in [1.807, 2.05) is 11.8 Å². The minimum absolute atomic E-state index is 0.0652. The molecule has 2 aliphatic heterocycles. The molecule has 0 bridgehead atoms. The molecule has 0 spiro atoms. The Morgan fingerprint density at radius 1 is 1.06 bits per heavy atom. The smallest absolute Gasteiger partial charge is 0.315 e. The highest BCUT2D eigenvalue weighted by molar-refractivity contribution is 8.00. The number of amides is 5. The molecule has 12 nitrogen and oxygen atoms in total. The van der Waals surface area contributed by atoms with Gasteiger partial charge in [-0.05, 0) is 38.5 Å². The lowest BCUT2D eigenvalue weighted by atomic mass is 10.0. The van der Waals surface area contributed by atoms with Crippen molar-refractivity contribution in [3.8, 4) is 6.07 Å². The van der Waals surface area contributed by atoms with Gasteiger partial charge in [0.05, 0.1) is 12.1 Å². The predicted octanol–water partition coefficient (Wildman–Crippen LogP) is 0.277. The van der Waals surface area contributed by atoms with Crippen LogP contribution in [0.4, 0.5) is 4.79 Å². The van der Waals surface area contributed by atoms with Gasteiger partial charge < -0.3 is 31.8 Å². The first kappa shape index (κ1) is 28.2. The molecule has 0 radical (unpaired) electrons. The number of rotatable bonds is 17. The van der Waals surface area contributed by atoms with Crippen molar-refractivity contribution < 1.29 is 24.0 Å². The Labute approximate surface area is 209 Å². The standard InChI is InChI=1S/C22H35N7O5S/c23-13-15(21(24)32)29-34-12-6-9-19(31)26-11-5-1-4-10-25-18(30)8-3-2-7-17-20-16(14-35-17)27-22(33)28-20/h16-17,20H,1-12,14H2,(H2,24,32)(H,25,30)(H,26,31)(H2,27,28,33)/b29-15+/t16-,17-,20-/m0/s1. The van der Waals surface area contributed by atoms with Gasteiger partial charge in [-0.3, -0.25) is 14.4 Å². The number of unbranched alkanes of at least 4 members (excludes halogenated alkanes) is 3. The van der Waals surface area contributed by atoms with E-state index in [1.165, 1.54) is 6.07 Å². The molecule has 194 valence electrons. The maximum Gasteiger partial charge on any atom is 0.315 e. The molecular weight excluding hydrogens is 474 g/mol. The number of fused-ring (bicyclic) bond motifs is 1. The number of nitrogens with zero attached hydrogens (tertiary/aromatic N) is 2. The fourth-order valence-corrected chi connectivity index (χ4v) is 5.40. The second-order valence-corrected chi connectivity index (χ2v) is 9.75. The summed E-state index contributed by atoms with van der Waals surface area (Å²) in [6, 6.07) is 1.90. The third-order valence-electron chi connectivity index (χ3n) is 5.71. The van der Waals surface area contributed by atoms with Gasteiger partial charge in [0.1, 0.15) is 12.7 Å². The molecule has 3 atom stereocenters. The van der Waals surface area contributed by atoms with Crippen LogP contribution in [0.3, 0.4) is 0 Å². The third-order valence-corrected chi connectivity index (χ3v) is 7.22. The third kappa shape index (κ3) is 10.9. The first-order valence-electron chi connectivity index (χ1n) is 12.0. The number of carbonyl (C=O) groups is 4. The molecule has 0 unspecified atom stereocenters. The lowest BCUT2D eigenvalue weighted by Gasteiger charge is -2.16. The van der Waals surface area contributed by atoms with Crippen LogP contribution in [0.1, 0.15) is 57.8 Å². The zero-order valence-electron chi connectivity index (χ0n) is 19.8. The molecule has 2 heterocycles. The van der Waals surface area contributed by atoms with Crippen LogP contribution in [0.25, 0.3) is 0 Å². The van der Waals surface area contributed by atoms with Gasteiger partial charge in [0.15, 0.2) is 0 Å². The quantitative estimate of drug-likeness (QED) is 0.0805. The van der Waals surface area contributed by atoms with Crippen molar-refractivity contribution in [2.75, 3.05) is 25.4 Å². The van der Waals surface area contributed by atoms with Gasteiger partial charge in [-0.25, -0.2) is 4.79 Å². The number of nitriles is 1. The monoisotopic (exact) mass is 509 g/mol. The van der Waals surface area contributed by atoms with Gasteiger partial charge in [0.2, 0.25) is 17.5 Å². The Bertz CT molecular complexity index is 817. The summed E-state index contributed by atoms with van der Waals surface area (Å²) in [5.74, 6) is -0.0561. The number of thioether (sulfide) groups is 1. The first-order valence-corrected chi connectivity index (χ1v) is 13.1. The first-order chi connectivity index (χ1) is 16.9. The average Bonchev–Trinajstić information content (AvgIpc) is 3.37. The lowest BCUT2D eigenvalue weighted by Crippen LogP contribution is -2.36. The highest BCUT2D eigenvalue weighted by atomic mass is 32.2. The molecule has 35 heavy (non-hydrogen) atoms. The molecule has 0 saturated carbocycles. The summed E-state index contributed by atoms with van der Waals surface area (Å²) in [5.41, 5.74) is 4.40. The highest BCUT2D eigenvalue weighted by Crippen LogP contribution is 2.33. The van der Waals surface area contributed by atoms with Gasteiger partial charge in [0.25, 0.3) is 5.91 Å². The molecule has 6 N–H and O–H groups in total. The van der Waals surface area contributed by atoms with Gasteiger partial charge >= 0.3 is 6.03 Å². The number of hydrogen-bond donors (Lipinski definition) is 5. The number of urea groups is 1. The van der Waals surface area contributed by atoms with Crippen molar-refractivity contribution >= 4 is 41.2 Å². The van der Waals surface area contributed by atoms with Crippen LogP contribution in [0, 0.1) is 11.3 Å². The van der Waals surface area contributed by atoms with Crippen molar-refractivity contribution in [3.63, 3.8) is 0 Å². The zero-order chi connectivity index (χ0) is 25.5. The highest BCUT2D eigenvalue weighted by Gasteiger charge is 2.42. The number of hydrogen-bond acceptors (Lipinski definition) is 8. The van der Waals surface area contributed by atoms with E-state index < -0.39 is 11.6 Å². The normalized spacial score (nSPS) is 20.8. The number of nitrogens with one attached hydrogen (secondary N) is 4. The summed E-state index contributed by atoms with van der Waals surface area (Å²) in [5, 5.41) is 24.0. The van der Waals surface area contributed by atoms with E-state index in [1.54, 1.807) is 0 Å². The van der Waals surface area contributed by atoms with Gasteiger partial charge in [0, 0.05) is 36.9 Å². The Kier molecular flexibility index (Phi) is 12.7. The van der Waals surface area contributed by atoms with E-state index in [0.29, 0.717) is 31.2 Å². The topological polar surface area (TPSA) is 188 Å². The predicted molar refractivity (Wildman–Crippen MR) is 131 cm³/mol. The fourth-order valence-electron chi connectivity index (χ4n) is 3.86. The minimum Gasteiger partial charge on any atom is -0.395 e. The Morgan fingerprint density at radius 3 is 2.40 bits per heavy atom. The van der Waals surface area contributed by atoms with E-state index in [9.17, 15) is 19.2 Å². The molecule has 0 aromatic rings. The largest absolute Gasteiger partial charge is 0.395 e. The van der Waals surface area contributed by atoms with E-state index in [-0.39, 0.29) is 43.0 Å². The van der Waals surface area contributed by atoms with Gasteiger partial charge in [-0.15, -0.1) is 0 Å². The van der Waals surface area contributed by atoms with Crippen molar-refractivity contribution in [1.82, 2.24) is 21.3 Å². The SMILES string of the molecule is N#C/C(=N\OCCCC(=O)NCCCCCNC(=O)CCCC[C@@H]1SC[C@@H]2NC(=O)N[C@@H]21)C(N)=O. The Hall–Kier alpha value is -3.01. The van der Waals surface area contributed by atoms with Gasteiger partial charge in [-0.1, -0.05) is 11.6 Å². The van der Waals surface area contributed by atoms with Crippen molar-refractivity contribution in [2.45, 2.75) is 75.1 Å². The molecule has 2 aliphatic rings. The summed E-state index contributed by atoms with van der Waals surface area (Å²) in [4.78, 5) is 50.7. The molecule has 13 heteroatoms. The Morgan fingerprint density at radius 2 is 1.74 bits per heavy atom. The Balaban J connectivity index is 1.37. The minimum atomic E-state index is -0.961. The second kappa shape index (κ2) is 15.8. The van der Waals surface area contributed by atoms with E-state index in [0.717, 1.165) is 44.3 Å². The van der Waals surface area contributed by atoms with Crippen LogP contribution in [0.15, 0.2) is 5.16 Å². The summed E-state index contributed by atoms with van der Waals surface area (Å²) in [6.45, 7) is 1.28. The molecule has 2 fully saturated rings. The molecule has 2 saturated heterocycles. The van der Waals surface area contributed by atoms with Crippen LogP contribution < -0.4 is 27.0 Å². The fraction of sp³-hybridized carbons (Fsp3) is 0.727. The summed E-state index contributed by atoms with van der Waals surface area (Å²) < 4.78 is 0. The molecule has 5 amide bonds. The van der Waals surface area contributed by atoms with Gasteiger partial charge in [-0.2, -0.15) is 17.0 Å². The molecule has 2 rings (SSSR count). The van der Waals surface area contributed by atoms with Crippen molar-refractivity contribution in [1.29, 1.82) is 5.26 Å². The van der Waals surface area contributed by atoms with Crippen LogP contribution in [0.5, 0.6) is 0 Å². The van der Waals surface area contributed by atoms with Crippen LogP contribution in [-0.4, -0.2) is 72.2 Å². The summed E-state index contributed by atoms with van der Waals surface area (Å²) in [7, 11) is 0. The van der Waals surface area contributed by atoms with Crippen LogP contribution in [0.2, 0.25) is 0 Å². The second-order valence-electron chi connectivity index (χ2n) is 8.48. The number of primary amides is 1. The van der Waals surface area contributed by atoms with Crippen molar-refractivity contribution in [3.05, 3.63) is 0 Å². The van der Waals surface area contributed by atoms with Crippen LogP contribution >= 0.6 is 11.8 Å². The lowest BCUT2D eigenvalue weighted by molar-refractivity contribution is -0.122. The number of carbonyl (C=O) groups excluding carboxylic acids is 4. The maximum absolute atomic E-state index is 12.0. The summed E-state index contributed by atoms with van der Waals surface area (Å²) in [6.07, 6.45) is 6.54. The van der Waals surface area contributed by atoms with E-state index in [4.69, 9.17) is 15.8 Å². The number of nitrogens with two attached hydrogens (primary N) is 1. The number of oxime groups is 1.